The number of hydrogen-bond donors (Lipinski definition) is 3. The van der Waals surface area contributed by atoms with Gasteiger partial charge in [-0.1, -0.05) is 25.3 Å². The Kier molecular flexibility index (Phi) is 8.01. The molecule has 1 aromatic carbocycles. The molecule has 24 heavy (non-hydrogen) atoms. The fourth-order valence-electron chi connectivity index (χ4n) is 2.80. The molecule has 1 aromatic rings. The Hall–Kier alpha value is -1.79. The van der Waals surface area contributed by atoms with E-state index in [1.807, 2.05) is 0 Å². The number of benzene rings is 1. The summed E-state index contributed by atoms with van der Waals surface area (Å²) in [5, 5.41) is 5.59. The first kappa shape index (κ1) is 20.3. The van der Waals surface area contributed by atoms with Gasteiger partial charge in [0.1, 0.15) is 5.75 Å². The normalized spacial score (nSPS) is 15.8. The molecule has 0 aliphatic heterocycles. The Labute approximate surface area is 148 Å². The molecule has 0 heterocycles. The number of ether oxygens (including phenoxy) is 1. The minimum atomic E-state index is -0.741. The summed E-state index contributed by atoms with van der Waals surface area (Å²) in [6.45, 7) is 0.728. The van der Waals surface area contributed by atoms with E-state index in [9.17, 15) is 9.59 Å². The largest absolute Gasteiger partial charge is 0.497 e. The molecule has 4 N–H and O–H groups in total. The molecule has 0 atom stereocenters. The van der Waals surface area contributed by atoms with Crippen LogP contribution in [-0.4, -0.2) is 37.6 Å². The number of rotatable bonds is 6. The van der Waals surface area contributed by atoms with Crippen molar-refractivity contribution in [1.82, 2.24) is 10.6 Å². The van der Waals surface area contributed by atoms with Crippen LogP contribution >= 0.6 is 12.4 Å². The minimum absolute atomic E-state index is 0. The van der Waals surface area contributed by atoms with Crippen LogP contribution in [0.2, 0.25) is 0 Å². The standard InChI is InChI=1S/C17H25N3O3.ClH/c1-23-14-7-5-6-13(12-14)15(21)19-10-11-20-16(22)17(18)8-3-2-4-9-17;/h5-7,12H,2-4,8-11,18H2,1H3,(H,19,21)(H,20,22);1H. The van der Waals surface area contributed by atoms with Crippen LogP contribution in [0, 0.1) is 0 Å². The van der Waals surface area contributed by atoms with E-state index in [1.54, 1.807) is 31.4 Å². The zero-order valence-electron chi connectivity index (χ0n) is 14.0. The fraction of sp³-hybridized carbons (Fsp3) is 0.529. The first-order valence-corrected chi connectivity index (χ1v) is 8.04. The lowest BCUT2D eigenvalue weighted by molar-refractivity contribution is -0.127. The lowest BCUT2D eigenvalue weighted by atomic mass is 9.82. The van der Waals surface area contributed by atoms with E-state index in [1.165, 1.54) is 0 Å². The third-order valence-electron chi connectivity index (χ3n) is 4.23. The Balaban J connectivity index is 0.00000288. The number of nitrogens with one attached hydrogen (secondary N) is 2. The lowest BCUT2D eigenvalue weighted by Gasteiger charge is -2.31. The van der Waals surface area contributed by atoms with Crippen molar-refractivity contribution in [1.29, 1.82) is 0 Å². The average Bonchev–Trinajstić information content (AvgIpc) is 2.59. The maximum absolute atomic E-state index is 12.2. The zero-order valence-corrected chi connectivity index (χ0v) is 14.8. The first-order chi connectivity index (χ1) is 11.0. The monoisotopic (exact) mass is 355 g/mol. The van der Waals surface area contributed by atoms with Crippen molar-refractivity contribution >= 4 is 24.2 Å². The van der Waals surface area contributed by atoms with Gasteiger partial charge in [0.2, 0.25) is 5.91 Å². The molecule has 1 fully saturated rings. The molecule has 0 aromatic heterocycles. The van der Waals surface area contributed by atoms with Crippen LogP contribution in [0.3, 0.4) is 0 Å². The number of nitrogens with two attached hydrogens (primary N) is 1. The third-order valence-corrected chi connectivity index (χ3v) is 4.23. The highest BCUT2D eigenvalue weighted by Gasteiger charge is 2.34. The van der Waals surface area contributed by atoms with Gasteiger partial charge in [-0.3, -0.25) is 9.59 Å². The zero-order chi connectivity index (χ0) is 16.7. The third kappa shape index (κ3) is 5.39. The molecule has 7 heteroatoms. The highest BCUT2D eigenvalue weighted by molar-refractivity contribution is 5.94. The smallest absolute Gasteiger partial charge is 0.251 e. The Morgan fingerprint density at radius 3 is 2.50 bits per heavy atom. The molecule has 1 aliphatic rings. The Morgan fingerprint density at radius 1 is 1.17 bits per heavy atom. The number of carbonyl (C=O) groups is 2. The van der Waals surface area contributed by atoms with E-state index >= 15 is 0 Å². The van der Waals surface area contributed by atoms with Gasteiger partial charge in [0.05, 0.1) is 12.6 Å². The summed E-state index contributed by atoms with van der Waals surface area (Å²) in [5.41, 5.74) is 5.94. The topological polar surface area (TPSA) is 93.5 Å². The summed E-state index contributed by atoms with van der Waals surface area (Å²) in [6.07, 6.45) is 4.60. The van der Waals surface area contributed by atoms with Crippen molar-refractivity contribution in [2.24, 2.45) is 5.73 Å². The average molecular weight is 356 g/mol. The molecule has 2 rings (SSSR count). The maximum Gasteiger partial charge on any atom is 0.251 e. The predicted octanol–water partition coefficient (Wildman–Crippen LogP) is 1.62. The van der Waals surface area contributed by atoms with E-state index < -0.39 is 5.54 Å². The van der Waals surface area contributed by atoms with E-state index in [2.05, 4.69) is 10.6 Å². The van der Waals surface area contributed by atoms with Crippen LogP contribution in [0.1, 0.15) is 42.5 Å². The van der Waals surface area contributed by atoms with Gasteiger partial charge in [0, 0.05) is 18.7 Å². The molecule has 0 spiro atoms. The van der Waals surface area contributed by atoms with E-state index in [-0.39, 0.29) is 24.2 Å². The summed E-state index contributed by atoms with van der Waals surface area (Å²) in [5.74, 6) is 0.319. The van der Waals surface area contributed by atoms with Crippen LogP contribution in [-0.2, 0) is 4.79 Å². The highest BCUT2D eigenvalue weighted by atomic mass is 35.5. The lowest BCUT2D eigenvalue weighted by Crippen LogP contribution is -2.55. The Bertz CT molecular complexity index is 560. The molecule has 2 amide bonds. The van der Waals surface area contributed by atoms with Crippen molar-refractivity contribution in [3.05, 3.63) is 29.8 Å². The molecule has 1 aliphatic carbocycles. The van der Waals surface area contributed by atoms with Crippen LogP contribution < -0.4 is 21.1 Å². The molecule has 0 bridgehead atoms. The van der Waals surface area contributed by atoms with Crippen LogP contribution in [0.25, 0.3) is 0 Å². The molecule has 0 saturated heterocycles. The number of hydrogen-bond acceptors (Lipinski definition) is 4. The van der Waals surface area contributed by atoms with E-state index in [0.29, 0.717) is 24.4 Å². The number of carbonyl (C=O) groups excluding carboxylic acids is 2. The second-order valence-corrected chi connectivity index (χ2v) is 5.96. The van der Waals surface area contributed by atoms with E-state index in [0.717, 1.165) is 32.1 Å². The summed E-state index contributed by atoms with van der Waals surface area (Å²) in [7, 11) is 1.56. The van der Waals surface area contributed by atoms with Gasteiger partial charge in [0.25, 0.3) is 5.91 Å². The van der Waals surface area contributed by atoms with Crippen LogP contribution in [0.5, 0.6) is 5.75 Å². The summed E-state index contributed by atoms with van der Waals surface area (Å²) in [4.78, 5) is 24.2. The van der Waals surface area contributed by atoms with Crippen molar-refractivity contribution < 1.29 is 14.3 Å². The minimum Gasteiger partial charge on any atom is -0.497 e. The van der Waals surface area contributed by atoms with Crippen LogP contribution in [0.15, 0.2) is 24.3 Å². The SMILES string of the molecule is COc1cccc(C(=O)NCCNC(=O)C2(N)CCCCC2)c1.Cl. The molecular weight excluding hydrogens is 330 g/mol. The Morgan fingerprint density at radius 2 is 1.83 bits per heavy atom. The quantitative estimate of drug-likeness (QED) is 0.676. The number of amides is 2. The van der Waals surface area contributed by atoms with Gasteiger partial charge in [-0.15, -0.1) is 12.4 Å². The second-order valence-electron chi connectivity index (χ2n) is 5.96. The maximum atomic E-state index is 12.2. The molecule has 1 saturated carbocycles. The molecule has 0 unspecified atom stereocenters. The molecule has 134 valence electrons. The van der Waals surface area contributed by atoms with Crippen LogP contribution in [0.4, 0.5) is 0 Å². The molecule has 0 radical (unpaired) electrons. The number of methoxy groups -OCH3 is 1. The van der Waals surface area contributed by atoms with Gasteiger partial charge in [-0.25, -0.2) is 0 Å². The second kappa shape index (κ2) is 9.49. The summed E-state index contributed by atoms with van der Waals surface area (Å²) < 4.78 is 5.09. The first-order valence-electron chi connectivity index (χ1n) is 8.04. The number of halogens is 1. The summed E-state index contributed by atoms with van der Waals surface area (Å²) >= 11 is 0. The fourth-order valence-corrected chi connectivity index (χ4v) is 2.80. The van der Waals surface area contributed by atoms with E-state index in [4.69, 9.17) is 10.5 Å². The molecule has 6 nitrogen and oxygen atoms in total. The van der Waals surface area contributed by atoms with Gasteiger partial charge in [0.15, 0.2) is 0 Å². The predicted molar refractivity (Wildman–Crippen MR) is 95.6 cm³/mol. The van der Waals surface area contributed by atoms with Crippen molar-refractivity contribution in [3.8, 4) is 5.75 Å². The molecular formula is C17H26ClN3O3. The van der Waals surface area contributed by atoms with Crippen molar-refractivity contribution in [3.63, 3.8) is 0 Å². The van der Waals surface area contributed by atoms with Gasteiger partial charge >= 0.3 is 0 Å². The van der Waals surface area contributed by atoms with Gasteiger partial charge < -0.3 is 21.1 Å². The van der Waals surface area contributed by atoms with Gasteiger partial charge in [-0.05, 0) is 31.0 Å². The van der Waals surface area contributed by atoms with Crippen molar-refractivity contribution in [2.45, 2.75) is 37.6 Å². The highest BCUT2D eigenvalue weighted by Crippen LogP contribution is 2.25. The summed E-state index contributed by atoms with van der Waals surface area (Å²) in [6, 6.07) is 6.93. The van der Waals surface area contributed by atoms with Gasteiger partial charge in [-0.2, -0.15) is 0 Å². The van der Waals surface area contributed by atoms with Crippen molar-refractivity contribution in [2.75, 3.05) is 20.2 Å².